The van der Waals surface area contributed by atoms with E-state index < -0.39 is 0 Å². The molecule has 19 heavy (non-hydrogen) atoms. The number of aryl methyl sites for hydroxylation is 1. The number of rotatable bonds is 2. The Morgan fingerprint density at radius 2 is 1.74 bits per heavy atom. The summed E-state index contributed by atoms with van der Waals surface area (Å²) < 4.78 is 0. The van der Waals surface area contributed by atoms with Gasteiger partial charge >= 0.3 is 0 Å². The van der Waals surface area contributed by atoms with Crippen LogP contribution in [0.15, 0.2) is 24.3 Å². The summed E-state index contributed by atoms with van der Waals surface area (Å²) in [5.41, 5.74) is 2.76. The maximum atomic E-state index is 2.56. The van der Waals surface area contributed by atoms with Crippen molar-refractivity contribution in [2.24, 2.45) is 5.92 Å². The van der Waals surface area contributed by atoms with Gasteiger partial charge in [0.15, 0.2) is 0 Å². The van der Waals surface area contributed by atoms with E-state index in [-0.39, 0.29) is 0 Å². The largest absolute Gasteiger partial charge is 0.360 e. The van der Waals surface area contributed by atoms with Crippen molar-refractivity contribution in [1.82, 2.24) is 0 Å². The summed E-state index contributed by atoms with van der Waals surface area (Å²) in [7, 11) is 0. The van der Waals surface area contributed by atoms with Crippen molar-refractivity contribution in [3.8, 4) is 0 Å². The van der Waals surface area contributed by atoms with Gasteiger partial charge in [-0.1, -0.05) is 24.6 Å². The lowest BCUT2D eigenvalue weighted by Gasteiger charge is -2.36. The van der Waals surface area contributed by atoms with Crippen LogP contribution in [0.1, 0.15) is 31.7 Å². The normalized spacial score (nSPS) is 28.8. The van der Waals surface area contributed by atoms with E-state index >= 15 is 0 Å². The van der Waals surface area contributed by atoms with E-state index in [2.05, 4.69) is 43.0 Å². The van der Waals surface area contributed by atoms with Gasteiger partial charge in [0.05, 0.1) is 32.2 Å². The van der Waals surface area contributed by atoms with Crippen LogP contribution in [0.2, 0.25) is 0 Å². The SMILES string of the molecule is Cc1ccc(N2CC[NH+]([C@@H]3CC[C@@H](C)C3)CC2)cc1. The van der Waals surface area contributed by atoms with Crippen molar-refractivity contribution in [2.45, 2.75) is 39.2 Å². The molecule has 1 aromatic rings. The molecule has 0 radical (unpaired) electrons. The highest BCUT2D eigenvalue weighted by atomic mass is 15.3. The van der Waals surface area contributed by atoms with Gasteiger partial charge < -0.3 is 9.80 Å². The van der Waals surface area contributed by atoms with Gasteiger partial charge in [-0.25, -0.2) is 0 Å². The molecule has 104 valence electrons. The highest BCUT2D eigenvalue weighted by molar-refractivity contribution is 5.47. The van der Waals surface area contributed by atoms with Crippen LogP contribution in [0.3, 0.4) is 0 Å². The summed E-state index contributed by atoms with van der Waals surface area (Å²) in [6.07, 6.45) is 4.37. The van der Waals surface area contributed by atoms with E-state index in [1.54, 1.807) is 0 Å². The fourth-order valence-corrected chi connectivity index (χ4v) is 3.79. The molecule has 1 N–H and O–H groups in total. The fourth-order valence-electron chi connectivity index (χ4n) is 3.79. The molecule has 0 unspecified atom stereocenters. The molecule has 2 atom stereocenters. The van der Waals surface area contributed by atoms with Gasteiger partial charge in [-0.15, -0.1) is 0 Å². The lowest BCUT2D eigenvalue weighted by atomic mass is 10.1. The Morgan fingerprint density at radius 1 is 1.05 bits per heavy atom. The summed E-state index contributed by atoms with van der Waals surface area (Å²) in [5.74, 6) is 0.965. The maximum Gasteiger partial charge on any atom is 0.0951 e. The van der Waals surface area contributed by atoms with E-state index in [1.165, 1.54) is 56.7 Å². The first-order chi connectivity index (χ1) is 9.22. The van der Waals surface area contributed by atoms with Gasteiger partial charge in [0, 0.05) is 12.1 Å². The minimum Gasteiger partial charge on any atom is -0.360 e. The van der Waals surface area contributed by atoms with Gasteiger partial charge in [-0.2, -0.15) is 0 Å². The third kappa shape index (κ3) is 2.94. The number of piperazine rings is 1. The lowest BCUT2D eigenvalue weighted by Crippen LogP contribution is -3.18. The number of anilines is 1. The topological polar surface area (TPSA) is 7.68 Å². The Bertz CT molecular complexity index is 404. The van der Waals surface area contributed by atoms with Crippen LogP contribution >= 0.6 is 0 Å². The first kappa shape index (κ1) is 13.0. The van der Waals surface area contributed by atoms with E-state index in [0.717, 1.165) is 12.0 Å². The quantitative estimate of drug-likeness (QED) is 0.852. The average Bonchev–Trinajstić information content (AvgIpc) is 2.87. The molecule has 2 aliphatic rings. The van der Waals surface area contributed by atoms with Crippen LogP contribution in [-0.4, -0.2) is 32.2 Å². The second-order valence-corrected chi connectivity index (χ2v) is 6.60. The van der Waals surface area contributed by atoms with Crippen molar-refractivity contribution >= 4 is 5.69 Å². The molecular weight excluding hydrogens is 232 g/mol. The van der Waals surface area contributed by atoms with Crippen LogP contribution in [0.25, 0.3) is 0 Å². The Balaban J connectivity index is 1.56. The van der Waals surface area contributed by atoms with Crippen LogP contribution in [0.5, 0.6) is 0 Å². The molecule has 1 saturated heterocycles. The zero-order chi connectivity index (χ0) is 13.2. The van der Waals surface area contributed by atoms with Crippen LogP contribution in [0, 0.1) is 12.8 Å². The number of hydrogen-bond donors (Lipinski definition) is 1. The molecule has 1 aliphatic heterocycles. The van der Waals surface area contributed by atoms with Crippen molar-refractivity contribution in [3.63, 3.8) is 0 Å². The molecule has 0 amide bonds. The summed E-state index contributed by atoms with van der Waals surface area (Å²) in [6.45, 7) is 9.68. The fraction of sp³-hybridized carbons (Fsp3) is 0.647. The maximum absolute atomic E-state index is 2.56. The number of hydrogen-bond acceptors (Lipinski definition) is 1. The molecule has 0 spiro atoms. The minimum absolute atomic E-state index is 0.954. The predicted octanol–water partition coefficient (Wildman–Crippen LogP) is 1.89. The second kappa shape index (κ2) is 5.54. The lowest BCUT2D eigenvalue weighted by molar-refractivity contribution is -0.925. The van der Waals surface area contributed by atoms with Crippen molar-refractivity contribution in [3.05, 3.63) is 29.8 Å². The molecule has 2 nitrogen and oxygen atoms in total. The molecule has 1 aromatic carbocycles. The smallest absolute Gasteiger partial charge is 0.0951 e. The Labute approximate surface area is 117 Å². The van der Waals surface area contributed by atoms with Crippen LogP contribution in [0.4, 0.5) is 5.69 Å². The highest BCUT2D eigenvalue weighted by Gasteiger charge is 2.32. The Kier molecular flexibility index (Phi) is 3.79. The van der Waals surface area contributed by atoms with Gasteiger partial charge in [-0.3, -0.25) is 0 Å². The van der Waals surface area contributed by atoms with Crippen molar-refractivity contribution in [1.29, 1.82) is 0 Å². The van der Waals surface area contributed by atoms with Crippen LogP contribution < -0.4 is 9.80 Å². The highest BCUT2D eigenvalue weighted by Crippen LogP contribution is 2.23. The standard InChI is InChI=1S/C17H26N2/c1-14-3-6-16(7-4-14)18-9-11-19(12-10-18)17-8-5-15(2)13-17/h3-4,6-7,15,17H,5,8-13H2,1-2H3/p+1/t15-,17-/m1/s1. The van der Waals surface area contributed by atoms with E-state index in [4.69, 9.17) is 0 Å². The molecule has 0 bridgehead atoms. The van der Waals surface area contributed by atoms with Crippen molar-refractivity contribution in [2.75, 3.05) is 31.1 Å². The third-order valence-corrected chi connectivity index (χ3v) is 5.08. The number of nitrogens with one attached hydrogen (secondary N) is 1. The second-order valence-electron chi connectivity index (χ2n) is 6.60. The molecule has 3 rings (SSSR count). The Morgan fingerprint density at radius 3 is 2.32 bits per heavy atom. The molecule has 0 aromatic heterocycles. The number of benzene rings is 1. The molecule has 2 heteroatoms. The van der Waals surface area contributed by atoms with Gasteiger partial charge in [0.1, 0.15) is 0 Å². The van der Waals surface area contributed by atoms with Gasteiger partial charge in [0.25, 0.3) is 0 Å². The molecule has 1 saturated carbocycles. The first-order valence-corrected chi connectivity index (χ1v) is 7.88. The molecule has 2 fully saturated rings. The van der Waals surface area contributed by atoms with E-state index in [0.29, 0.717) is 0 Å². The molecule has 1 aliphatic carbocycles. The molecular formula is C17H27N2+. The zero-order valence-electron chi connectivity index (χ0n) is 12.4. The molecule has 1 heterocycles. The van der Waals surface area contributed by atoms with Crippen LogP contribution in [-0.2, 0) is 0 Å². The van der Waals surface area contributed by atoms with Crippen molar-refractivity contribution < 1.29 is 4.90 Å². The van der Waals surface area contributed by atoms with E-state index in [1.807, 2.05) is 4.90 Å². The summed E-state index contributed by atoms with van der Waals surface area (Å²) in [6, 6.07) is 9.96. The first-order valence-electron chi connectivity index (χ1n) is 7.88. The predicted molar refractivity (Wildman–Crippen MR) is 80.9 cm³/mol. The average molecular weight is 259 g/mol. The summed E-state index contributed by atoms with van der Waals surface area (Å²) in [5, 5.41) is 0. The monoisotopic (exact) mass is 259 g/mol. The minimum atomic E-state index is 0.954. The summed E-state index contributed by atoms with van der Waals surface area (Å²) >= 11 is 0. The van der Waals surface area contributed by atoms with Gasteiger partial charge in [-0.05, 0) is 37.8 Å². The summed E-state index contributed by atoms with van der Waals surface area (Å²) in [4.78, 5) is 4.43. The number of quaternary nitrogens is 1. The third-order valence-electron chi connectivity index (χ3n) is 5.08. The van der Waals surface area contributed by atoms with E-state index in [9.17, 15) is 0 Å². The zero-order valence-corrected chi connectivity index (χ0v) is 12.4. The Hall–Kier alpha value is -1.02. The van der Waals surface area contributed by atoms with Gasteiger partial charge in [0.2, 0.25) is 0 Å². The number of nitrogens with zero attached hydrogens (tertiary/aromatic N) is 1.